The molecule has 0 aliphatic heterocycles. The third-order valence-electron chi connectivity index (χ3n) is 3.85. The third-order valence-corrected chi connectivity index (χ3v) is 3.85. The standard InChI is InChI=1S/C20H20N2O3/c1-14(25-13-15-6-5-8-17(12-15)24-2)20(23)22-19-11-10-16-7-3-4-9-18(16)21-19/h3-12,14H,13H2,1-2H3,(H,21,22,23)/t14-/m1/s1. The van der Waals surface area contributed by atoms with E-state index in [0.717, 1.165) is 22.2 Å². The van der Waals surface area contributed by atoms with Crippen LogP contribution in [-0.2, 0) is 16.1 Å². The maximum absolute atomic E-state index is 12.3. The van der Waals surface area contributed by atoms with Crippen LogP contribution in [0, 0.1) is 0 Å². The summed E-state index contributed by atoms with van der Waals surface area (Å²) in [4.78, 5) is 16.7. The maximum atomic E-state index is 12.3. The van der Waals surface area contributed by atoms with Gasteiger partial charge in [0.15, 0.2) is 0 Å². The summed E-state index contributed by atoms with van der Waals surface area (Å²) >= 11 is 0. The van der Waals surface area contributed by atoms with Crippen LogP contribution in [0.15, 0.2) is 60.7 Å². The Balaban J connectivity index is 1.59. The molecular formula is C20H20N2O3. The average molecular weight is 336 g/mol. The fourth-order valence-electron chi connectivity index (χ4n) is 2.42. The molecule has 128 valence electrons. The summed E-state index contributed by atoms with van der Waals surface area (Å²) in [5.41, 5.74) is 1.79. The minimum atomic E-state index is -0.598. The number of para-hydroxylation sites is 1. The van der Waals surface area contributed by atoms with Crippen LogP contribution in [-0.4, -0.2) is 24.1 Å². The highest BCUT2D eigenvalue weighted by Gasteiger charge is 2.14. The van der Waals surface area contributed by atoms with Gasteiger partial charge in [0.05, 0.1) is 19.2 Å². The quantitative estimate of drug-likeness (QED) is 0.744. The highest BCUT2D eigenvalue weighted by molar-refractivity contribution is 5.94. The molecule has 0 fully saturated rings. The van der Waals surface area contributed by atoms with E-state index >= 15 is 0 Å². The molecule has 25 heavy (non-hydrogen) atoms. The predicted octanol–water partition coefficient (Wildman–Crippen LogP) is 3.79. The van der Waals surface area contributed by atoms with Crippen molar-refractivity contribution < 1.29 is 14.3 Å². The SMILES string of the molecule is COc1cccc(CO[C@H](C)C(=O)Nc2ccc3ccccc3n2)c1. The van der Waals surface area contributed by atoms with Gasteiger partial charge in [-0.3, -0.25) is 4.79 Å². The second-order valence-electron chi connectivity index (χ2n) is 5.68. The van der Waals surface area contributed by atoms with Crippen molar-refractivity contribution in [1.29, 1.82) is 0 Å². The van der Waals surface area contributed by atoms with Gasteiger partial charge in [-0.2, -0.15) is 0 Å². The lowest BCUT2D eigenvalue weighted by atomic mass is 10.2. The number of aromatic nitrogens is 1. The Morgan fingerprint density at radius 2 is 1.96 bits per heavy atom. The largest absolute Gasteiger partial charge is 0.497 e. The zero-order chi connectivity index (χ0) is 17.6. The number of anilines is 1. The number of nitrogens with zero attached hydrogens (tertiary/aromatic N) is 1. The first-order valence-electron chi connectivity index (χ1n) is 8.07. The fraction of sp³-hybridized carbons (Fsp3) is 0.200. The van der Waals surface area contributed by atoms with Gasteiger partial charge in [-0.25, -0.2) is 4.98 Å². The first-order valence-corrected chi connectivity index (χ1v) is 8.07. The molecule has 2 aromatic carbocycles. The van der Waals surface area contributed by atoms with Crippen LogP contribution >= 0.6 is 0 Å². The molecule has 1 atom stereocenters. The normalized spacial score (nSPS) is 11.9. The van der Waals surface area contributed by atoms with Gasteiger partial charge in [-0.15, -0.1) is 0 Å². The van der Waals surface area contributed by atoms with Crippen LogP contribution in [0.25, 0.3) is 10.9 Å². The minimum Gasteiger partial charge on any atom is -0.497 e. The lowest BCUT2D eigenvalue weighted by Gasteiger charge is -2.13. The molecule has 0 bridgehead atoms. The molecule has 0 aliphatic carbocycles. The Kier molecular flexibility index (Phi) is 5.26. The summed E-state index contributed by atoms with van der Waals surface area (Å²) in [5, 5.41) is 3.82. The number of carbonyl (C=O) groups is 1. The Labute approximate surface area is 146 Å². The van der Waals surface area contributed by atoms with E-state index in [9.17, 15) is 4.79 Å². The minimum absolute atomic E-state index is 0.231. The summed E-state index contributed by atoms with van der Waals surface area (Å²) in [6.07, 6.45) is -0.598. The number of rotatable bonds is 6. The predicted molar refractivity (Wildman–Crippen MR) is 97.6 cm³/mol. The molecule has 3 rings (SSSR count). The molecule has 3 aromatic rings. The molecule has 0 aliphatic rings. The van der Waals surface area contributed by atoms with Crippen LogP contribution in [0.4, 0.5) is 5.82 Å². The van der Waals surface area contributed by atoms with Crippen molar-refractivity contribution in [2.45, 2.75) is 19.6 Å². The van der Waals surface area contributed by atoms with E-state index in [0.29, 0.717) is 12.4 Å². The van der Waals surface area contributed by atoms with Crippen molar-refractivity contribution in [3.8, 4) is 5.75 Å². The number of amides is 1. The van der Waals surface area contributed by atoms with Crippen molar-refractivity contribution in [3.63, 3.8) is 0 Å². The van der Waals surface area contributed by atoms with Gasteiger partial charge in [0.2, 0.25) is 0 Å². The summed E-state index contributed by atoms with van der Waals surface area (Å²) < 4.78 is 10.8. The van der Waals surface area contributed by atoms with Crippen LogP contribution in [0.3, 0.4) is 0 Å². The molecule has 1 aromatic heterocycles. The molecule has 5 nitrogen and oxygen atoms in total. The fourth-order valence-corrected chi connectivity index (χ4v) is 2.42. The van der Waals surface area contributed by atoms with Gasteiger partial charge in [0.1, 0.15) is 17.7 Å². The molecule has 0 unspecified atom stereocenters. The number of benzene rings is 2. The second kappa shape index (κ2) is 7.77. The molecule has 5 heteroatoms. The number of carbonyl (C=O) groups excluding carboxylic acids is 1. The van der Waals surface area contributed by atoms with Crippen molar-refractivity contribution in [2.24, 2.45) is 0 Å². The van der Waals surface area contributed by atoms with E-state index in [1.807, 2.05) is 54.6 Å². The van der Waals surface area contributed by atoms with Crippen LogP contribution < -0.4 is 10.1 Å². The molecule has 1 N–H and O–H groups in total. The summed E-state index contributed by atoms with van der Waals surface area (Å²) in [6, 6.07) is 19.0. The highest BCUT2D eigenvalue weighted by Crippen LogP contribution is 2.16. The summed E-state index contributed by atoms with van der Waals surface area (Å²) in [7, 11) is 1.62. The number of hydrogen-bond donors (Lipinski definition) is 1. The Bertz CT molecular complexity index is 879. The van der Waals surface area contributed by atoms with Gasteiger partial charge in [-0.05, 0) is 42.8 Å². The summed E-state index contributed by atoms with van der Waals surface area (Å²) in [6.45, 7) is 2.05. The number of hydrogen-bond acceptors (Lipinski definition) is 4. The van der Waals surface area contributed by atoms with Gasteiger partial charge in [-0.1, -0.05) is 30.3 Å². The first-order chi connectivity index (χ1) is 12.2. The van der Waals surface area contributed by atoms with E-state index < -0.39 is 6.10 Å². The average Bonchev–Trinajstić information content (AvgIpc) is 2.66. The number of pyridine rings is 1. The Morgan fingerprint density at radius 1 is 1.12 bits per heavy atom. The topological polar surface area (TPSA) is 60.5 Å². The number of ether oxygens (including phenoxy) is 2. The molecule has 0 saturated heterocycles. The van der Waals surface area contributed by atoms with Gasteiger partial charge < -0.3 is 14.8 Å². The van der Waals surface area contributed by atoms with Gasteiger partial charge in [0.25, 0.3) is 5.91 Å². The van der Waals surface area contributed by atoms with E-state index in [4.69, 9.17) is 9.47 Å². The molecule has 1 amide bonds. The first kappa shape index (κ1) is 16.9. The zero-order valence-corrected chi connectivity index (χ0v) is 14.2. The van der Waals surface area contributed by atoms with Gasteiger partial charge >= 0.3 is 0 Å². The molecule has 0 spiro atoms. The number of methoxy groups -OCH3 is 1. The Morgan fingerprint density at radius 3 is 2.80 bits per heavy atom. The van der Waals surface area contributed by atoms with E-state index in [-0.39, 0.29) is 5.91 Å². The van der Waals surface area contributed by atoms with Crippen molar-refractivity contribution in [1.82, 2.24) is 4.98 Å². The third kappa shape index (κ3) is 4.33. The lowest BCUT2D eigenvalue weighted by Crippen LogP contribution is -2.28. The maximum Gasteiger partial charge on any atom is 0.254 e. The number of fused-ring (bicyclic) bond motifs is 1. The summed E-state index contributed by atoms with van der Waals surface area (Å²) in [5.74, 6) is 1.05. The van der Waals surface area contributed by atoms with E-state index in [1.165, 1.54) is 0 Å². The van der Waals surface area contributed by atoms with E-state index in [2.05, 4.69) is 10.3 Å². The van der Waals surface area contributed by atoms with Crippen molar-refractivity contribution in [2.75, 3.05) is 12.4 Å². The van der Waals surface area contributed by atoms with Crippen molar-refractivity contribution in [3.05, 3.63) is 66.2 Å². The molecule has 0 saturated carbocycles. The monoisotopic (exact) mass is 336 g/mol. The van der Waals surface area contributed by atoms with Crippen LogP contribution in [0.2, 0.25) is 0 Å². The molecular weight excluding hydrogens is 316 g/mol. The smallest absolute Gasteiger partial charge is 0.254 e. The van der Waals surface area contributed by atoms with Gasteiger partial charge in [0, 0.05) is 5.39 Å². The van der Waals surface area contributed by atoms with E-state index in [1.54, 1.807) is 20.1 Å². The zero-order valence-electron chi connectivity index (χ0n) is 14.2. The number of nitrogens with one attached hydrogen (secondary N) is 1. The lowest BCUT2D eigenvalue weighted by molar-refractivity contribution is -0.127. The van der Waals surface area contributed by atoms with Crippen molar-refractivity contribution >= 4 is 22.6 Å². The van der Waals surface area contributed by atoms with Crippen LogP contribution in [0.1, 0.15) is 12.5 Å². The second-order valence-corrected chi connectivity index (χ2v) is 5.68. The molecule has 0 radical (unpaired) electrons. The van der Waals surface area contributed by atoms with Crippen LogP contribution in [0.5, 0.6) is 5.75 Å². The highest BCUT2D eigenvalue weighted by atomic mass is 16.5. The molecule has 1 heterocycles. The Hall–Kier alpha value is -2.92.